The molecule has 0 bridgehead atoms. The molecular weight excluding hydrogens is 224 g/mol. The summed E-state index contributed by atoms with van der Waals surface area (Å²) >= 11 is 0. The molecule has 1 aromatic carbocycles. The summed E-state index contributed by atoms with van der Waals surface area (Å²) in [6.07, 6.45) is 0.910. The molecule has 0 saturated heterocycles. The molecule has 3 nitrogen and oxygen atoms in total. The number of amides is 1. The second-order valence-electron chi connectivity index (χ2n) is 5.05. The van der Waals surface area contributed by atoms with Gasteiger partial charge in [0, 0.05) is 0 Å². The lowest BCUT2D eigenvalue weighted by Gasteiger charge is -2.21. The van der Waals surface area contributed by atoms with Crippen LogP contribution in [0.5, 0.6) is 0 Å². The van der Waals surface area contributed by atoms with Gasteiger partial charge in [-0.3, -0.25) is 4.79 Å². The number of rotatable bonds is 5. The van der Waals surface area contributed by atoms with E-state index in [-0.39, 0.29) is 17.9 Å². The van der Waals surface area contributed by atoms with Gasteiger partial charge in [0.15, 0.2) is 0 Å². The van der Waals surface area contributed by atoms with Crippen LogP contribution in [-0.2, 0) is 4.79 Å². The monoisotopic (exact) mass is 248 g/mol. The number of nitrogens with one attached hydrogen (secondary N) is 1. The van der Waals surface area contributed by atoms with E-state index in [4.69, 9.17) is 5.73 Å². The van der Waals surface area contributed by atoms with E-state index in [0.717, 1.165) is 12.0 Å². The normalized spacial score (nSPS) is 15.8. The fourth-order valence-corrected chi connectivity index (χ4v) is 1.76. The molecule has 1 aromatic rings. The molecule has 3 N–H and O–H groups in total. The Morgan fingerprint density at radius 1 is 1.28 bits per heavy atom. The van der Waals surface area contributed by atoms with E-state index >= 15 is 0 Å². The highest BCUT2D eigenvalue weighted by molar-refractivity contribution is 5.82. The van der Waals surface area contributed by atoms with Crippen molar-refractivity contribution in [2.24, 2.45) is 11.7 Å². The molecule has 3 atom stereocenters. The summed E-state index contributed by atoms with van der Waals surface area (Å²) in [5, 5.41) is 2.97. The second-order valence-corrected chi connectivity index (χ2v) is 5.05. The summed E-state index contributed by atoms with van der Waals surface area (Å²) in [7, 11) is 0. The Bertz CT molecular complexity index is 386. The van der Waals surface area contributed by atoms with Crippen LogP contribution in [0.25, 0.3) is 0 Å². The first kappa shape index (κ1) is 14.7. The summed E-state index contributed by atoms with van der Waals surface area (Å²) < 4.78 is 0. The van der Waals surface area contributed by atoms with Gasteiger partial charge >= 0.3 is 0 Å². The molecule has 0 saturated carbocycles. The SMILES string of the molecule is CCC(C)C(N)C(=O)NC(C)c1ccc(C)cc1. The number of carbonyl (C=O) groups is 1. The fraction of sp³-hybridized carbons (Fsp3) is 0.533. The quantitative estimate of drug-likeness (QED) is 0.841. The van der Waals surface area contributed by atoms with Crippen molar-refractivity contribution in [3.05, 3.63) is 35.4 Å². The second kappa shape index (κ2) is 6.55. The number of nitrogens with two attached hydrogens (primary N) is 1. The average molecular weight is 248 g/mol. The lowest BCUT2D eigenvalue weighted by molar-refractivity contribution is -0.124. The Hall–Kier alpha value is -1.35. The van der Waals surface area contributed by atoms with Gasteiger partial charge < -0.3 is 11.1 Å². The van der Waals surface area contributed by atoms with Crippen LogP contribution < -0.4 is 11.1 Å². The number of carbonyl (C=O) groups excluding carboxylic acids is 1. The largest absolute Gasteiger partial charge is 0.348 e. The number of hydrogen-bond acceptors (Lipinski definition) is 2. The van der Waals surface area contributed by atoms with Crippen molar-refractivity contribution in [3.63, 3.8) is 0 Å². The fourth-order valence-electron chi connectivity index (χ4n) is 1.76. The lowest BCUT2D eigenvalue weighted by atomic mass is 9.98. The minimum Gasteiger partial charge on any atom is -0.348 e. The van der Waals surface area contributed by atoms with Crippen LogP contribution in [0.1, 0.15) is 44.4 Å². The van der Waals surface area contributed by atoms with Crippen LogP contribution in [-0.4, -0.2) is 11.9 Å². The summed E-state index contributed by atoms with van der Waals surface area (Å²) in [6, 6.07) is 7.74. The number of benzene rings is 1. The molecule has 18 heavy (non-hydrogen) atoms. The summed E-state index contributed by atoms with van der Waals surface area (Å²) in [4.78, 5) is 12.0. The van der Waals surface area contributed by atoms with Gasteiger partial charge in [0.2, 0.25) is 5.91 Å². The Labute approximate surface area is 110 Å². The maximum absolute atomic E-state index is 12.0. The first-order valence-electron chi connectivity index (χ1n) is 6.58. The van der Waals surface area contributed by atoms with Crippen molar-refractivity contribution >= 4 is 5.91 Å². The van der Waals surface area contributed by atoms with Crippen LogP contribution in [0.4, 0.5) is 0 Å². The Balaban J connectivity index is 2.61. The van der Waals surface area contributed by atoms with Gasteiger partial charge in [0.05, 0.1) is 12.1 Å². The molecule has 3 heteroatoms. The lowest BCUT2D eigenvalue weighted by Crippen LogP contribution is -2.45. The van der Waals surface area contributed by atoms with Crippen LogP contribution in [0, 0.1) is 12.8 Å². The predicted molar refractivity (Wildman–Crippen MR) is 75.2 cm³/mol. The van der Waals surface area contributed by atoms with E-state index in [1.54, 1.807) is 0 Å². The minimum atomic E-state index is -0.428. The third-order valence-corrected chi connectivity index (χ3v) is 3.50. The molecule has 0 aliphatic carbocycles. The molecule has 0 aliphatic rings. The van der Waals surface area contributed by atoms with Crippen molar-refractivity contribution < 1.29 is 4.79 Å². The number of hydrogen-bond donors (Lipinski definition) is 2. The molecule has 0 spiro atoms. The highest BCUT2D eigenvalue weighted by atomic mass is 16.2. The molecule has 0 radical (unpaired) electrons. The van der Waals surface area contributed by atoms with Crippen LogP contribution >= 0.6 is 0 Å². The highest BCUT2D eigenvalue weighted by Gasteiger charge is 2.20. The smallest absolute Gasteiger partial charge is 0.237 e. The van der Waals surface area contributed by atoms with Gasteiger partial charge in [-0.2, -0.15) is 0 Å². The van der Waals surface area contributed by atoms with E-state index in [1.807, 2.05) is 52.0 Å². The van der Waals surface area contributed by atoms with Gasteiger partial charge in [-0.25, -0.2) is 0 Å². The average Bonchev–Trinajstić information content (AvgIpc) is 2.37. The van der Waals surface area contributed by atoms with Gasteiger partial charge in [-0.15, -0.1) is 0 Å². The maximum Gasteiger partial charge on any atom is 0.237 e. The number of aryl methyl sites for hydroxylation is 1. The first-order chi connectivity index (χ1) is 8.45. The first-order valence-corrected chi connectivity index (χ1v) is 6.58. The van der Waals surface area contributed by atoms with Gasteiger partial charge in [0.25, 0.3) is 0 Å². The molecule has 1 rings (SSSR count). The van der Waals surface area contributed by atoms with Crippen molar-refractivity contribution in [1.29, 1.82) is 0 Å². The Kier molecular flexibility index (Phi) is 5.35. The zero-order valence-corrected chi connectivity index (χ0v) is 11.7. The highest BCUT2D eigenvalue weighted by Crippen LogP contribution is 2.14. The van der Waals surface area contributed by atoms with E-state index in [2.05, 4.69) is 5.32 Å². The summed E-state index contributed by atoms with van der Waals surface area (Å²) in [5.41, 5.74) is 8.23. The van der Waals surface area contributed by atoms with Gasteiger partial charge in [-0.05, 0) is 25.3 Å². The van der Waals surface area contributed by atoms with E-state index in [0.29, 0.717) is 0 Å². The van der Waals surface area contributed by atoms with Crippen molar-refractivity contribution in [1.82, 2.24) is 5.32 Å². The van der Waals surface area contributed by atoms with Crippen molar-refractivity contribution in [2.75, 3.05) is 0 Å². The summed E-state index contributed by atoms with van der Waals surface area (Å²) in [5.74, 6) is 0.132. The van der Waals surface area contributed by atoms with Crippen molar-refractivity contribution in [3.8, 4) is 0 Å². The van der Waals surface area contributed by atoms with Crippen LogP contribution in [0.3, 0.4) is 0 Å². The third-order valence-electron chi connectivity index (χ3n) is 3.50. The van der Waals surface area contributed by atoms with Gasteiger partial charge in [-0.1, -0.05) is 50.1 Å². The molecule has 100 valence electrons. The van der Waals surface area contributed by atoms with Crippen LogP contribution in [0.2, 0.25) is 0 Å². The van der Waals surface area contributed by atoms with E-state index < -0.39 is 6.04 Å². The zero-order valence-electron chi connectivity index (χ0n) is 11.7. The standard InChI is InChI=1S/C15H24N2O/c1-5-11(3)14(16)15(18)17-12(4)13-8-6-10(2)7-9-13/h6-9,11-12,14H,5,16H2,1-4H3,(H,17,18). The molecule has 0 heterocycles. The van der Waals surface area contributed by atoms with E-state index in [1.165, 1.54) is 5.56 Å². The Morgan fingerprint density at radius 3 is 2.33 bits per heavy atom. The van der Waals surface area contributed by atoms with Crippen LogP contribution in [0.15, 0.2) is 24.3 Å². The molecule has 0 aromatic heterocycles. The zero-order chi connectivity index (χ0) is 13.7. The molecule has 3 unspecified atom stereocenters. The molecule has 1 amide bonds. The van der Waals surface area contributed by atoms with Crippen molar-refractivity contribution in [2.45, 2.75) is 46.2 Å². The van der Waals surface area contributed by atoms with E-state index in [9.17, 15) is 4.79 Å². The van der Waals surface area contributed by atoms with Gasteiger partial charge in [0.1, 0.15) is 0 Å². The molecule has 0 fully saturated rings. The molecular formula is C15H24N2O. The third kappa shape index (κ3) is 3.84. The molecule has 0 aliphatic heterocycles. The predicted octanol–water partition coefficient (Wildman–Crippen LogP) is 2.55. The summed E-state index contributed by atoms with van der Waals surface area (Å²) in [6.45, 7) is 8.07. The Morgan fingerprint density at radius 2 is 1.83 bits per heavy atom. The maximum atomic E-state index is 12.0. The minimum absolute atomic E-state index is 0.00629. The topological polar surface area (TPSA) is 55.1 Å².